The second-order valence-corrected chi connectivity index (χ2v) is 8.99. The van der Waals surface area contributed by atoms with Gasteiger partial charge in [-0.2, -0.15) is 18.3 Å². The molecule has 1 amide bonds. The maximum absolute atomic E-state index is 13.2. The van der Waals surface area contributed by atoms with Crippen LogP contribution in [0.25, 0.3) is 17.4 Å². The Hall–Kier alpha value is -3.95. The highest BCUT2D eigenvalue weighted by molar-refractivity contribution is 5.92. The van der Waals surface area contributed by atoms with Crippen molar-refractivity contribution < 1.29 is 18.0 Å². The molecular weight excluding hydrogens is 469 g/mol. The van der Waals surface area contributed by atoms with Gasteiger partial charge in [0.15, 0.2) is 5.65 Å². The van der Waals surface area contributed by atoms with E-state index in [-0.39, 0.29) is 11.8 Å². The van der Waals surface area contributed by atoms with E-state index in [9.17, 15) is 18.0 Å². The van der Waals surface area contributed by atoms with E-state index >= 15 is 0 Å². The Morgan fingerprint density at radius 2 is 1.86 bits per heavy atom. The number of amides is 1. The molecule has 1 aliphatic rings. The summed E-state index contributed by atoms with van der Waals surface area (Å²) in [4.78, 5) is 14.8. The Bertz CT molecular complexity index is 1440. The molecule has 1 fully saturated rings. The maximum atomic E-state index is 13.2. The summed E-state index contributed by atoms with van der Waals surface area (Å²) in [6, 6.07) is 12.1. The smallest absolute Gasteiger partial charge is 0.338 e. The molecule has 1 atom stereocenters. The van der Waals surface area contributed by atoms with Gasteiger partial charge in [0.05, 0.1) is 16.9 Å². The summed E-state index contributed by atoms with van der Waals surface area (Å²) >= 11 is 0. The summed E-state index contributed by atoms with van der Waals surface area (Å²) in [5.41, 5.74) is 3.15. The van der Waals surface area contributed by atoms with Gasteiger partial charge in [-0.15, -0.1) is 10.2 Å². The van der Waals surface area contributed by atoms with Crippen molar-refractivity contribution in [3.05, 3.63) is 83.1 Å². The molecule has 4 heterocycles. The topological polar surface area (TPSA) is 68.3 Å². The molecule has 3 aromatic heterocycles. The third kappa shape index (κ3) is 4.50. The minimum atomic E-state index is -4.46. The molecule has 1 unspecified atom stereocenters. The molecule has 5 rings (SSSR count). The highest BCUT2D eigenvalue weighted by atomic mass is 19.4. The van der Waals surface area contributed by atoms with Crippen molar-refractivity contribution >= 4 is 17.6 Å². The first-order chi connectivity index (χ1) is 17.2. The van der Waals surface area contributed by atoms with Crippen LogP contribution in [0.2, 0.25) is 0 Å². The van der Waals surface area contributed by atoms with Gasteiger partial charge in [0, 0.05) is 42.5 Å². The standard InChI is InChI=1S/C26H25F3N6O/c1-17-22(18(2)35(32-17)21-8-4-3-5-9-21)11-13-24(36)33-14-6-7-19(15-33)25-31-30-23-12-10-20(16-34(23)25)26(27,28)29/h3-5,8-13,16,19H,6-7,14-15H2,1-2H3/b13-11+. The van der Waals surface area contributed by atoms with Gasteiger partial charge in [0.2, 0.25) is 5.91 Å². The van der Waals surface area contributed by atoms with Crippen LogP contribution in [0.4, 0.5) is 13.2 Å². The summed E-state index contributed by atoms with van der Waals surface area (Å²) < 4.78 is 42.9. The Balaban J connectivity index is 1.35. The number of alkyl halides is 3. The van der Waals surface area contributed by atoms with Crippen LogP contribution in [0.5, 0.6) is 0 Å². The number of aryl methyl sites for hydroxylation is 1. The Labute approximate surface area is 205 Å². The quantitative estimate of drug-likeness (QED) is 0.376. The van der Waals surface area contributed by atoms with Crippen molar-refractivity contribution in [3.63, 3.8) is 0 Å². The number of halogens is 3. The van der Waals surface area contributed by atoms with E-state index in [4.69, 9.17) is 0 Å². The van der Waals surface area contributed by atoms with Crippen molar-refractivity contribution in [2.45, 2.75) is 38.8 Å². The molecule has 7 nitrogen and oxygen atoms in total. The predicted octanol–water partition coefficient (Wildman–Crippen LogP) is 4.97. The van der Waals surface area contributed by atoms with Crippen LogP contribution in [0.3, 0.4) is 0 Å². The Kier molecular flexibility index (Phi) is 6.11. The molecule has 0 spiro atoms. The van der Waals surface area contributed by atoms with E-state index in [0.717, 1.165) is 41.3 Å². The zero-order valence-corrected chi connectivity index (χ0v) is 19.9. The van der Waals surface area contributed by atoms with Gasteiger partial charge in [0.1, 0.15) is 5.82 Å². The predicted molar refractivity (Wildman–Crippen MR) is 129 cm³/mol. The highest BCUT2D eigenvalue weighted by Crippen LogP contribution is 2.31. The number of carbonyl (C=O) groups is 1. The van der Waals surface area contributed by atoms with Crippen molar-refractivity contribution in [2.24, 2.45) is 0 Å². The Morgan fingerprint density at radius 3 is 2.61 bits per heavy atom. The molecule has 4 aromatic rings. The minimum absolute atomic E-state index is 0.157. The van der Waals surface area contributed by atoms with Gasteiger partial charge in [-0.3, -0.25) is 9.20 Å². The van der Waals surface area contributed by atoms with Crippen LogP contribution in [-0.4, -0.2) is 48.3 Å². The summed E-state index contributed by atoms with van der Waals surface area (Å²) in [7, 11) is 0. The second-order valence-electron chi connectivity index (χ2n) is 8.99. The average molecular weight is 495 g/mol. The molecule has 10 heteroatoms. The van der Waals surface area contributed by atoms with Gasteiger partial charge in [-0.1, -0.05) is 18.2 Å². The van der Waals surface area contributed by atoms with Crippen LogP contribution in [0.1, 0.15) is 47.1 Å². The molecular formula is C26H25F3N6O. The van der Waals surface area contributed by atoms with Crippen molar-refractivity contribution in [1.82, 2.24) is 29.3 Å². The van der Waals surface area contributed by atoms with E-state index < -0.39 is 11.7 Å². The fourth-order valence-corrected chi connectivity index (χ4v) is 4.72. The van der Waals surface area contributed by atoms with E-state index in [1.807, 2.05) is 48.9 Å². The lowest BCUT2D eigenvalue weighted by Crippen LogP contribution is -2.38. The maximum Gasteiger partial charge on any atom is 0.417 e. The number of rotatable bonds is 4. The fourth-order valence-electron chi connectivity index (χ4n) is 4.72. The summed E-state index contributed by atoms with van der Waals surface area (Å²) in [6.07, 6.45) is 1.33. The third-order valence-electron chi connectivity index (χ3n) is 6.59. The summed E-state index contributed by atoms with van der Waals surface area (Å²) in [6.45, 7) is 4.80. The molecule has 0 bridgehead atoms. The van der Waals surface area contributed by atoms with E-state index in [0.29, 0.717) is 31.0 Å². The number of para-hydroxylation sites is 1. The number of carbonyl (C=O) groups excluding carboxylic acids is 1. The molecule has 0 saturated carbocycles. The summed E-state index contributed by atoms with van der Waals surface area (Å²) in [5, 5.41) is 12.8. The number of hydrogen-bond acceptors (Lipinski definition) is 4. The zero-order valence-electron chi connectivity index (χ0n) is 19.9. The van der Waals surface area contributed by atoms with Crippen LogP contribution >= 0.6 is 0 Å². The number of aromatic nitrogens is 5. The molecule has 1 aliphatic heterocycles. The molecule has 0 N–H and O–H groups in total. The number of nitrogens with zero attached hydrogens (tertiary/aromatic N) is 6. The number of hydrogen-bond donors (Lipinski definition) is 0. The van der Waals surface area contributed by atoms with Crippen LogP contribution < -0.4 is 0 Å². The summed E-state index contributed by atoms with van der Waals surface area (Å²) in [5.74, 6) is 0.0723. The largest absolute Gasteiger partial charge is 0.417 e. The molecule has 36 heavy (non-hydrogen) atoms. The van der Waals surface area contributed by atoms with Gasteiger partial charge in [0.25, 0.3) is 0 Å². The van der Waals surface area contributed by atoms with E-state index in [1.54, 1.807) is 17.1 Å². The van der Waals surface area contributed by atoms with Crippen molar-refractivity contribution in [3.8, 4) is 5.69 Å². The molecule has 186 valence electrons. The number of fused-ring (bicyclic) bond motifs is 1. The van der Waals surface area contributed by atoms with Crippen LogP contribution in [-0.2, 0) is 11.0 Å². The second kappa shape index (κ2) is 9.25. The number of pyridine rings is 1. The highest BCUT2D eigenvalue weighted by Gasteiger charge is 2.32. The van der Waals surface area contributed by atoms with Gasteiger partial charge >= 0.3 is 6.18 Å². The first-order valence-corrected chi connectivity index (χ1v) is 11.7. The van der Waals surface area contributed by atoms with Gasteiger partial charge in [-0.05, 0) is 57.0 Å². The molecule has 0 aliphatic carbocycles. The molecule has 1 aromatic carbocycles. The number of benzene rings is 1. The van der Waals surface area contributed by atoms with Crippen molar-refractivity contribution in [2.75, 3.05) is 13.1 Å². The lowest BCUT2D eigenvalue weighted by atomic mass is 9.97. The third-order valence-corrected chi connectivity index (χ3v) is 6.59. The van der Waals surface area contributed by atoms with Crippen molar-refractivity contribution in [1.29, 1.82) is 0 Å². The lowest BCUT2D eigenvalue weighted by molar-refractivity contribution is -0.137. The van der Waals surface area contributed by atoms with Gasteiger partial charge in [-0.25, -0.2) is 4.68 Å². The first kappa shape index (κ1) is 23.8. The number of piperidine rings is 1. The lowest BCUT2D eigenvalue weighted by Gasteiger charge is -2.31. The normalized spacial score (nSPS) is 16.8. The monoisotopic (exact) mass is 494 g/mol. The van der Waals surface area contributed by atoms with E-state index in [2.05, 4.69) is 15.3 Å². The molecule has 1 saturated heterocycles. The van der Waals surface area contributed by atoms with Gasteiger partial charge < -0.3 is 4.90 Å². The zero-order chi connectivity index (χ0) is 25.4. The minimum Gasteiger partial charge on any atom is -0.338 e. The van der Waals surface area contributed by atoms with Crippen LogP contribution in [0, 0.1) is 13.8 Å². The Morgan fingerprint density at radius 1 is 1.08 bits per heavy atom. The first-order valence-electron chi connectivity index (χ1n) is 11.7. The SMILES string of the molecule is Cc1nn(-c2ccccc2)c(C)c1/C=C/C(=O)N1CCCC(c2nnc3ccc(C(F)(F)F)cn23)C1. The van der Waals surface area contributed by atoms with E-state index in [1.165, 1.54) is 10.5 Å². The average Bonchev–Trinajstić information content (AvgIpc) is 3.42. The van der Waals surface area contributed by atoms with Crippen LogP contribution in [0.15, 0.2) is 54.7 Å². The molecule has 0 radical (unpaired) electrons. The number of likely N-dealkylation sites (tertiary alicyclic amines) is 1. The fraction of sp³-hybridized carbons (Fsp3) is 0.308.